The molecule has 0 spiro atoms. The van der Waals surface area contributed by atoms with Gasteiger partial charge in [0.2, 0.25) is 0 Å². The SMILES string of the molecule is CCCCc1c(C)cc(C(C)(C)C)c(P(O)(O)(O)CCCC)c1C(C)(C)C. The Labute approximate surface area is 167 Å². The molecule has 0 radical (unpaired) electrons. The zero-order valence-corrected chi connectivity index (χ0v) is 20.0. The van der Waals surface area contributed by atoms with Gasteiger partial charge in [0.15, 0.2) is 0 Å². The minimum absolute atomic E-state index is 0.0323. The van der Waals surface area contributed by atoms with Crippen LogP contribution in [0.1, 0.15) is 103 Å². The van der Waals surface area contributed by atoms with E-state index in [-0.39, 0.29) is 17.0 Å². The third-order valence-electron chi connectivity index (χ3n) is 5.35. The first-order chi connectivity index (χ1) is 12.0. The van der Waals surface area contributed by atoms with Crippen molar-refractivity contribution in [1.82, 2.24) is 0 Å². The molecule has 158 valence electrons. The van der Waals surface area contributed by atoms with Crippen molar-refractivity contribution in [2.45, 2.75) is 105 Å². The molecule has 0 fully saturated rings. The monoisotopic (exact) mass is 398 g/mol. The molecule has 27 heavy (non-hydrogen) atoms. The van der Waals surface area contributed by atoms with Crippen molar-refractivity contribution in [2.24, 2.45) is 0 Å². The van der Waals surface area contributed by atoms with Crippen LogP contribution in [0.2, 0.25) is 0 Å². The molecule has 3 nitrogen and oxygen atoms in total. The Morgan fingerprint density at radius 3 is 1.78 bits per heavy atom. The molecule has 3 N–H and O–H groups in total. The molecule has 1 rings (SSSR count). The van der Waals surface area contributed by atoms with E-state index in [1.54, 1.807) is 0 Å². The van der Waals surface area contributed by atoms with Crippen LogP contribution >= 0.6 is 7.28 Å². The summed E-state index contributed by atoms with van der Waals surface area (Å²) in [5, 5.41) is 0.436. The maximum atomic E-state index is 11.4. The number of rotatable bonds is 7. The second-order valence-corrected chi connectivity index (χ2v) is 13.5. The summed E-state index contributed by atoms with van der Waals surface area (Å²) in [5.74, 6) is 0. The fourth-order valence-electron chi connectivity index (χ4n) is 3.94. The molecule has 0 heterocycles. The Hall–Kier alpha value is -0.470. The van der Waals surface area contributed by atoms with Crippen molar-refractivity contribution in [1.29, 1.82) is 0 Å². The second-order valence-electron chi connectivity index (χ2n) is 10.3. The molecule has 0 saturated carbocycles. The molecule has 0 aliphatic heterocycles. The van der Waals surface area contributed by atoms with E-state index < -0.39 is 7.28 Å². The van der Waals surface area contributed by atoms with Crippen LogP contribution in [0.5, 0.6) is 0 Å². The van der Waals surface area contributed by atoms with Gasteiger partial charge in [-0.1, -0.05) is 0 Å². The molecule has 0 atom stereocenters. The van der Waals surface area contributed by atoms with Gasteiger partial charge in [-0.25, -0.2) is 0 Å². The van der Waals surface area contributed by atoms with Gasteiger partial charge in [0, 0.05) is 0 Å². The average Bonchev–Trinajstić information content (AvgIpc) is 2.48. The fraction of sp³-hybridized carbons (Fsp3) is 0.739. The standard InChI is InChI=1S/C23H43O3P/c1-10-12-14-18-17(3)16-19(22(4,5)6)21(20(18)23(7,8)9)27(24,25,26)15-13-11-2/h16,24-26H,10-15H2,1-9H3. The van der Waals surface area contributed by atoms with Crippen LogP contribution in [-0.4, -0.2) is 20.8 Å². The van der Waals surface area contributed by atoms with Gasteiger partial charge < -0.3 is 0 Å². The summed E-state index contributed by atoms with van der Waals surface area (Å²) in [5.41, 5.74) is 3.58. The van der Waals surface area contributed by atoms with E-state index in [0.717, 1.165) is 36.8 Å². The van der Waals surface area contributed by atoms with Crippen molar-refractivity contribution >= 4 is 12.6 Å². The molecule has 0 aromatic heterocycles. The Morgan fingerprint density at radius 1 is 0.852 bits per heavy atom. The predicted octanol–water partition coefficient (Wildman–Crippen LogP) is 5.63. The van der Waals surface area contributed by atoms with E-state index in [4.69, 9.17) is 0 Å². The first-order valence-electron chi connectivity index (χ1n) is 10.5. The van der Waals surface area contributed by atoms with E-state index in [0.29, 0.717) is 11.7 Å². The van der Waals surface area contributed by atoms with E-state index in [9.17, 15) is 14.7 Å². The number of unbranched alkanes of at least 4 members (excludes halogenated alkanes) is 2. The van der Waals surface area contributed by atoms with Gasteiger partial charge in [-0.3, -0.25) is 0 Å². The summed E-state index contributed by atoms with van der Waals surface area (Å²) in [7, 11) is -5.00. The Bertz CT molecular complexity index is 655. The summed E-state index contributed by atoms with van der Waals surface area (Å²) >= 11 is 0. The summed E-state index contributed by atoms with van der Waals surface area (Å²) < 4.78 is 0. The van der Waals surface area contributed by atoms with E-state index in [1.807, 2.05) is 6.92 Å². The van der Waals surface area contributed by atoms with Crippen LogP contribution in [0.3, 0.4) is 0 Å². The van der Waals surface area contributed by atoms with E-state index >= 15 is 0 Å². The first-order valence-corrected chi connectivity index (χ1v) is 12.8. The van der Waals surface area contributed by atoms with Crippen LogP contribution in [-0.2, 0) is 17.3 Å². The zero-order valence-electron chi connectivity index (χ0n) is 19.1. The molecule has 1 aromatic rings. The molecule has 4 heteroatoms. The second kappa shape index (κ2) is 8.11. The van der Waals surface area contributed by atoms with Gasteiger partial charge in [0.1, 0.15) is 0 Å². The van der Waals surface area contributed by atoms with Gasteiger partial charge >= 0.3 is 167 Å². The Balaban J connectivity index is 4.05. The Morgan fingerprint density at radius 2 is 1.37 bits per heavy atom. The molecule has 1 aromatic carbocycles. The van der Waals surface area contributed by atoms with Gasteiger partial charge in [0.05, 0.1) is 0 Å². The van der Waals surface area contributed by atoms with Crippen LogP contribution < -0.4 is 5.30 Å². The number of benzene rings is 1. The predicted molar refractivity (Wildman–Crippen MR) is 120 cm³/mol. The quantitative estimate of drug-likeness (QED) is 0.521. The molecular weight excluding hydrogens is 355 g/mol. The van der Waals surface area contributed by atoms with Crippen LogP contribution in [0.15, 0.2) is 6.07 Å². The van der Waals surface area contributed by atoms with Crippen molar-refractivity contribution in [3.8, 4) is 0 Å². The summed E-state index contributed by atoms with van der Waals surface area (Å²) in [6.45, 7) is 18.9. The van der Waals surface area contributed by atoms with Crippen molar-refractivity contribution < 1.29 is 14.7 Å². The van der Waals surface area contributed by atoms with Crippen LogP contribution in [0.4, 0.5) is 0 Å². The number of aryl methyl sites for hydroxylation is 1. The van der Waals surface area contributed by atoms with Gasteiger partial charge in [-0.2, -0.15) is 0 Å². The van der Waals surface area contributed by atoms with E-state index in [1.165, 1.54) is 11.1 Å². The molecule has 0 unspecified atom stereocenters. The van der Waals surface area contributed by atoms with Gasteiger partial charge in [0.25, 0.3) is 0 Å². The van der Waals surface area contributed by atoms with E-state index in [2.05, 4.69) is 61.5 Å². The van der Waals surface area contributed by atoms with Crippen LogP contribution in [0, 0.1) is 6.92 Å². The molecule has 0 saturated heterocycles. The van der Waals surface area contributed by atoms with Crippen molar-refractivity contribution in [2.75, 3.05) is 6.16 Å². The fourth-order valence-corrected chi connectivity index (χ4v) is 6.88. The number of hydrogen-bond donors (Lipinski definition) is 3. The topological polar surface area (TPSA) is 60.7 Å². The average molecular weight is 399 g/mol. The van der Waals surface area contributed by atoms with Gasteiger partial charge in [-0.15, -0.1) is 0 Å². The molecule has 0 aliphatic rings. The summed E-state index contributed by atoms with van der Waals surface area (Å²) in [6.07, 6.45) is 4.45. The first kappa shape index (κ1) is 24.6. The van der Waals surface area contributed by atoms with Crippen LogP contribution in [0.25, 0.3) is 0 Å². The van der Waals surface area contributed by atoms with Gasteiger partial charge in [-0.05, 0) is 0 Å². The summed E-state index contributed by atoms with van der Waals surface area (Å²) in [4.78, 5) is 34.1. The number of hydrogen-bond acceptors (Lipinski definition) is 3. The summed E-state index contributed by atoms with van der Waals surface area (Å²) in [6, 6.07) is 2.09. The minimum atomic E-state index is -5.00. The van der Waals surface area contributed by atoms with Crippen molar-refractivity contribution in [3.05, 3.63) is 28.3 Å². The zero-order chi connectivity index (χ0) is 21.3. The molecular formula is C23H43O3P. The normalized spacial score (nSPS) is 14.9. The molecule has 0 aliphatic carbocycles. The maximum absolute atomic E-state index is 11.4. The Kier molecular flexibility index (Phi) is 7.38. The van der Waals surface area contributed by atoms with Crippen molar-refractivity contribution in [3.63, 3.8) is 0 Å². The molecule has 0 amide bonds. The molecule has 0 bridgehead atoms. The third kappa shape index (κ3) is 5.76. The third-order valence-corrected chi connectivity index (χ3v) is 7.87.